The molecule has 10 nitrogen and oxygen atoms in total. The molecule has 4 aliphatic heterocycles. The number of amides is 1. The van der Waals surface area contributed by atoms with Gasteiger partial charge in [-0.15, -0.1) is 0 Å². The maximum Gasteiger partial charge on any atom is 0.308 e. The molecule has 4 heterocycles. The third kappa shape index (κ3) is 5.36. The highest BCUT2D eigenvalue weighted by Gasteiger charge is 2.69. The predicted octanol–water partition coefficient (Wildman–Crippen LogP) is 3.89. The van der Waals surface area contributed by atoms with Crippen LogP contribution >= 0.6 is 0 Å². The van der Waals surface area contributed by atoms with Gasteiger partial charge in [-0.05, 0) is 62.1 Å². The van der Waals surface area contributed by atoms with Gasteiger partial charge in [-0.3, -0.25) is 9.59 Å². The third-order valence-corrected chi connectivity index (χ3v) is 9.08. The molecule has 1 aliphatic carbocycles. The first-order valence-electron chi connectivity index (χ1n) is 14.1. The van der Waals surface area contributed by atoms with Crippen molar-refractivity contribution >= 4 is 11.9 Å². The first kappa shape index (κ1) is 28.1. The van der Waals surface area contributed by atoms with Gasteiger partial charge in [0, 0.05) is 31.2 Å². The Labute approximate surface area is 229 Å². The lowest BCUT2D eigenvalue weighted by Crippen LogP contribution is -2.70. The largest absolute Gasteiger partial charge is 0.493 e. The van der Waals surface area contributed by atoms with Crippen LogP contribution in [0.3, 0.4) is 0 Å². The number of ether oxygens (including phenoxy) is 5. The first-order valence-corrected chi connectivity index (χ1v) is 14.1. The van der Waals surface area contributed by atoms with Gasteiger partial charge in [0.05, 0.1) is 20.6 Å². The molecule has 1 saturated carbocycles. The Morgan fingerprint density at radius 1 is 1.03 bits per heavy atom. The number of methoxy groups -OCH3 is 2. The summed E-state index contributed by atoms with van der Waals surface area (Å²) in [5, 5.41) is 2.86. The van der Waals surface area contributed by atoms with Crippen LogP contribution in [0.15, 0.2) is 18.2 Å². The van der Waals surface area contributed by atoms with E-state index in [1.807, 2.05) is 32.0 Å². The van der Waals surface area contributed by atoms with Crippen LogP contribution in [0.2, 0.25) is 0 Å². The van der Waals surface area contributed by atoms with Gasteiger partial charge in [0.2, 0.25) is 18.0 Å². The molecule has 1 aromatic rings. The van der Waals surface area contributed by atoms with Gasteiger partial charge in [0.25, 0.3) is 0 Å². The minimum Gasteiger partial charge on any atom is -0.493 e. The SMILES string of the molecule is COc1ccc(CCNC(=O)CCC(=O)O[C@@H]2O[C@@H]3O[C@@]4(C)CC[C@H]5[C@H](C)CC[C@@H]([C@H]2C)[C@]35OO4)cc1OC. The van der Waals surface area contributed by atoms with Crippen molar-refractivity contribution in [1.29, 1.82) is 0 Å². The second-order valence-corrected chi connectivity index (χ2v) is 11.6. The van der Waals surface area contributed by atoms with Crippen LogP contribution in [0.5, 0.6) is 11.5 Å². The molecule has 1 spiro atoms. The molecule has 1 amide bonds. The number of nitrogens with one attached hydrogen (secondary N) is 1. The highest BCUT2D eigenvalue weighted by molar-refractivity contribution is 5.81. The number of carbonyl (C=O) groups excluding carboxylic acids is 2. The summed E-state index contributed by atoms with van der Waals surface area (Å²) in [6.45, 7) is 6.59. The average molecular weight is 548 g/mol. The Balaban J connectivity index is 1.12. The Kier molecular flexibility index (Phi) is 8.10. The Morgan fingerprint density at radius 2 is 1.82 bits per heavy atom. The molecule has 1 N–H and O–H groups in total. The lowest BCUT2D eigenvalue weighted by molar-refractivity contribution is -0.576. The maximum atomic E-state index is 12.8. The van der Waals surface area contributed by atoms with Gasteiger partial charge in [0.15, 0.2) is 23.4 Å². The van der Waals surface area contributed by atoms with Crippen molar-refractivity contribution in [2.45, 2.75) is 89.7 Å². The third-order valence-electron chi connectivity index (χ3n) is 9.08. The van der Waals surface area contributed by atoms with E-state index >= 15 is 0 Å². The molecule has 0 aromatic heterocycles. The molecule has 0 radical (unpaired) electrons. The molecule has 4 saturated heterocycles. The molecule has 8 atom stereocenters. The van der Waals surface area contributed by atoms with Gasteiger partial charge in [0.1, 0.15) is 0 Å². The molecular weight excluding hydrogens is 506 g/mol. The van der Waals surface area contributed by atoms with E-state index in [9.17, 15) is 9.59 Å². The van der Waals surface area contributed by atoms with Crippen LogP contribution < -0.4 is 14.8 Å². The molecule has 0 unspecified atom stereocenters. The van der Waals surface area contributed by atoms with Crippen LogP contribution in [0, 0.1) is 23.7 Å². The quantitative estimate of drug-likeness (QED) is 0.364. The van der Waals surface area contributed by atoms with Crippen LogP contribution in [0.4, 0.5) is 0 Å². The summed E-state index contributed by atoms with van der Waals surface area (Å²) in [7, 11) is 3.17. The summed E-state index contributed by atoms with van der Waals surface area (Å²) in [5.74, 6) is 0.384. The molecule has 5 aliphatic rings. The Hall–Kier alpha value is -2.40. The summed E-state index contributed by atoms with van der Waals surface area (Å²) < 4.78 is 29.0. The van der Waals surface area contributed by atoms with E-state index in [4.69, 9.17) is 33.5 Å². The zero-order valence-corrected chi connectivity index (χ0v) is 23.5. The zero-order valence-electron chi connectivity index (χ0n) is 23.5. The van der Waals surface area contributed by atoms with E-state index < -0.39 is 29.9 Å². The van der Waals surface area contributed by atoms with E-state index in [2.05, 4.69) is 12.2 Å². The molecule has 10 heteroatoms. The zero-order chi connectivity index (χ0) is 27.8. The van der Waals surface area contributed by atoms with Gasteiger partial charge in [-0.25, -0.2) is 9.78 Å². The van der Waals surface area contributed by atoms with Crippen LogP contribution in [-0.2, 0) is 40.0 Å². The second kappa shape index (κ2) is 11.2. The van der Waals surface area contributed by atoms with E-state index in [1.165, 1.54) is 0 Å². The van der Waals surface area contributed by atoms with Gasteiger partial charge in [-0.2, -0.15) is 0 Å². The van der Waals surface area contributed by atoms with Crippen molar-refractivity contribution in [3.63, 3.8) is 0 Å². The lowest BCUT2D eigenvalue weighted by Gasteiger charge is -2.59. The molecule has 216 valence electrons. The Morgan fingerprint density at radius 3 is 2.59 bits per heavy atom. The van der Waals surface area contributed by atoms with Crippen molar-refractivity contribution in [1.82, 2.24) is 5.32 Å². The summed E-state index contributed by atoms with van der Waals surface area (Å²) in [6, 6.07) is 5.64. The van der Waals surface area contributed by atoms with Gasteiger partial charge < -0.3 is 29.0 Å². The summed E-state index contributed by atoms with van der Waals surface area (Å²) in [5.41, 5.74) is 0.301. The number of carbonyl (C=O) groups is 2. The highest BCUT2D eigenvalue weighted by Crippen LogP contribution is 2.60. The van der Waals surface area contributed by atoms with Crippen LogP contribution in [0.25, 0.3) is 0 Å². The van der Waals surface area contributed by atoms with Gasteiger partial charge in [-0.1, -0.05) is 19.9 Å². The monoisotopic (exact) mass is 547 g/mol. The average Bonchev–Trinajstić information content (AvgIpc) is 3.16. The number of esters is 1. The number of hydrogen-bond acceptors (Lipinski definition) is 9. The summed E-state index contributed by atoms with van der Waals surface area (Å²) in [4.78, 5) is 37.1. The van der Waals surface area contributed by atoms with Crippen molar-refractivity contribution < 1.29 is 43.0 Å². The fourth-order valence-corrected chi connectivity index (χ4v) is 6.88. The summed E-state index contributed by atoms with van der Waals surface area (Å²) >= 11 is 0. The molecule has 2 bridgehead atoms. The predicted molar refractivity (Wildman–Crippen MR) is 138 cm³/mol. The van der Waals surface area contributed by atoms with E-state index in [0.29, 0.717) is 30.4 Å². The number of rotatable bonds is 9. The van der Waals surface area contributed by atoms with Crippen molar-refractivity contribution in [2.75, 3.05) is 20.8 Å². The number of fused-ring (bicyclic) bond motifs is 2. The van der Waals surface area contributed by atoms with Crippen LogP contribution in [0.1, 0.15) is 64.9 Å². The molecule has 39 heavy (non-hydrogen) atoms. The lowest BCUT2D eigenvalue weighted by atomic mass is 9.58. The van der Waals surface area contributed by atoms with E-state index in [-0.39, 0.29) is 36.5 Å². The number of benzene rings is 1. The highest BCUT2D eigenvalue weighted by atomic mass is 17.3. The van der Waals surface area contributed by atoms with Crippen molar-refractivity contribution in [3.8, 4) is 11.5 Å². The first-order chi connectivity index (χ1) is 18.7. The smallest absolute Gasteiger partial charge is 0.308 e. The fourth-order valence-electron chi connectivity index (χ4n) is 6.88. The minimum absolute atomic E-state index is 0.0346. The molecule has 1 aromatic carbocycles. The standard InChI is InChI=1S/C29H41NO9/c1-17-6-8-21-18(2)26(36-27-29(21)20(17)12-14-28(3,37-27)38-39-29)35-25(32)11-10-24(31)30-15-13-19-7-9-22(33-4)23(16-19)34-5/h7,9,16-18,20-21,26-27H,6,8,10-15H2,1-5H3,(H,30,31)/t17-,18-,20+,21+,26-,27-,28-,29+/m1/s1. The van der Waals surface area contributed by atoms with E-state index in [0.717, 1.165) is 31.2 Å². The maximum absolute atomic E-state index is 12.8. The molecule has 5 fully saturated rings. The van der Waals surface area contributed by atoms with Gasteiger partial charge >= 0.3 is 5.97 Å². The van der Waals surface area contributed by atoms with Crippen LogP contribution in [-0.4, -0.2) is 56.6 Å². The molecule has 6 rings (SSSR count). The number of hydrogen-bond donors (Lipinski definition) is 1. The fraction of sp³-hybridized carbons (Fsp3) is 0.724. The van der Waals surface area contributed by atoms with E-state index in [1.54, 1.807) is 14.2 Å². The Bertz CT molecular complexity index is 1070. The topological polar surface area (TPSA) is 111 Å². The second-order valence-electron chi connectivity index (χ2n) is 11.6. The van der Waals surface area contributed by atoms with Crippen molar-refractivity contribution in [2.24, 2.45) is 23.7 Å². The minimum atomic E-state index is -0.887. The summed E-state index contributed by atoms with van der Waals surface area (Å²) in [6.07, 6.45) is 2.82. The van der Waals surface area contributed by atoms with Crippen molar-refractivity contribution in [3.05, 3.63) is 23.8 Å². The normalized spacial score (nSPS) is 36.8. The molecular formula is C29H41NO9.